The fraction of sp³-hybridized carbons (Fsp3) is 0.625. The van der Waals surface area contributed by atoms with E-state index in [0.717, 1.165) is 18.4 Å². The van der Waals surface area contributed by atoms with Crippen molar-refractivity contribution in [1.29, 1.82) is 0 Å². The first-order valence-electron chi connectivity index (χ1n) is 11.8. The Morgan fingerprint density at radius 2 is 1.56 bits per heavy atom. The number of carbonyl (C=O) groups excluding carboxylic acids is 2. The van der Waals surface area contributed by atoms with Gasteiger partial charge in [-0.3, -0.25) is 9.59 Å². The Morgan fingerprint density at radius 3 is 2.18 bits per heavy atom. The second-order valence-electron chi connectivity index (χ2n) is 9.47. The molecular weight excluding hydrogens is 481 g/mol. The van der Waals surface area contributed by atoms with Crippen LogP contribution in [0, 0.1) is 11.8 Å². The molecule has 0 saturated carbocycles. The van der Waals surface area contributed by atoms with Gasteiger partial charge in [0, 0.05) is 64.2 Å². The Bertz CT molecular complexity index is 931. The van der Waals surface area contributed by atoms with E-state index in [1.165, 1.54) is 11.9 Å². The van der Waals surface area contributed by atoms with Gasteiger partial charge >= 0.3 is 6.09 Å². The summed E-state index contributed by atoms with van der Waals surface area (Å²) in [5, 5.41) is 10.4. The van der Waals surface area contributed by atoms with Crippen LogP contribution in [0.2, 0.25) is 10.0 Å². The number of likely N-dealkylation sites (tertiary alicyclic amines) is 2. The zero-order chi connectivity index (χ0) is 24.4. The average molecular weight is 512 g/mol. The molecule has 0 radical (unpaired) electrons. The Hall–Kier alpha value is -2.03. The Morgan fingerprint density at radius 1 is 0.941 bits per heavy atom. The molecule has 34 heavy (non-hydrogen) atoms. The van der Waals surface area contributed by atoms with Crippen molar-refractivity contribution in [3.63, 3.8) is 0 Å². The van der Waals surface area contributed by atoms with Crippen molar-refractivity contribution >= 4 is 41.1 Å². The summed E-state index contributed by atoms with van der Waals surface area (Å²) >= 11 is 12.3. The molecule has 0 aliphatic carbocycles. The van der Waals surface area contributed by atoms with E-state index in [2.05, 4.69) is 0 Å². The van der Waals surface area contributed by atoms with E-state index in [0.29, 0.717) is 62.3 Å². The highest BCUT2D eigenvalue weighted by Crippen LogP contribution is 2.35. The fourth-order valence-corrected chi connectivity index (χ4v) is 5.69. The Kier molecular flexibility index (Phi) is 7.90. The standard InChI is InChI=1S/C24H31Cl2N3O5/c1-27(24(32)33)21-14-29(13-18(21)17-2-3-19(25)20(26)12-17)23(31)15-4-8-28(9-5-15)22(30)16-6-10-34-11-7-16/h2-3,12,15-16,18,21H,4-11,13-14H2,1H3,(H,32,33)/t18-,21+/m0/s1. The molecular formula is C24H31Cl2N3O5. The van der Waals surface area contributed by atoms with Gasteiger partial charge in [-0.25, -0.2) is 4.79 Å². The van der Waals surface area contributed by atoms with E-state index in [1.54, 1.807) is 17.0 Å². The van der Waals surface area contributed by atoms with Crippen LogP contribution in [-0.2, 0) is 14.3 Å². The summed E-state index contributed by atoms with van der Waals surface area (Å²) < 4.78 is 5.36. The molecule has 186 valence electrons. The summed E-state index contributed by atoms with van der Waals surface area (Å²) in [5.74, 6) is -0.126. The van der Waals surface area contributed by atoms with Gasteiger partial charge in [-0.15, -0.1) is 0 Å². The first-order valence-corrected chi connectivity index (χ1v) is 12.6. The van der Waals surface area contributed by atoms with Gasteiger partial charge in [0.2, 0.25) is 11.8 Å². The lowest BCUT2D eigenvalue weighted by molar-refractivity contribution is -0.144. The van der Waals surface area contributed by atoms with E-state index < -0.39 is 6.09 Å². The Labute approximate surface area is 209 Å². The van der Waals surface area contributed by atoms with Crippen molar-refractivity contribution in [1.82, 2.24) is 14.7 Å². The molecule has 4 rings (SSSR count). The number of hydrogen-bond acceptors (Lipinski definition) is 4. The molecule has 1 aromatic carbocycles. The molecule has 3 heterocycles. The molecule has 3 fully saturated rings. The molecule has 10 heteroatoms. The minimum Gasteiger partial charge on any atom is -0.465 e. The summed E-state index contributed by atoms with van der Waals surface area (Å²) in [6, 6.07) is 4.92. The van der Waals surface area contributed by atoms with Gasteiger partial charge in [0.15, 0.2) is 0 Å². The van der Waals surface area contributed by atoms with Gasteiger partial charge in [0.25, 0.3) is 0 Å². The van der Waals surface area contributed by atoms with Crippen LogP contribution in [0.5, 0.6) is 0 Å². The van der Waals surface area contributed by atoms with E-state index in [4.69, 9.17) is 27.9 Å². The van der Waals surface area contributed by atoms with Gasteiger partial charge in [-0.2, -0.15) is 0 Å². The molecule has 3 saturated heterocycles. The molecule has 8 nitrogen and oxygen atoms in total. The quantitative estimate of drug-likeness (QED) is 0.667. The number of ether oxygens (including phenoxy) is 1. The minimum atomic E-state index is -1.04. The number of rotatable bonds is 4. The minimum absolute atomic E-state index is 0.0267. The summed E-state index contributed by atoms with van der Waals surface area (Å²) in [6.07, 6.45) is 1.74. The predicted molar refractivity (Wildman–Crippen MR) is 128 cm³/mol. The van der Waals surface area contributed by atoms with Crippen LogP contribution < -0.4 is 0 Å². The normalized spacial score (nSPS) is 24.3. The lowest BCUT2D eigenvalue weighted by atomic mass is 9.92. The molecule has 3 aliphatic rings. The van der Waals surface area contributed by atoms with Crippen molar-refractivity contribution in [3.8, 4) is 0 Å². The summed E-state index contributed by atoms with van der Waals surface area (Å²) in [6.45, 7) is 3.16. The fourth-order valence-electron chi connectivity index (χ4n) is 5.38. The van der Waals surface area contributed by atoms with Crippen LogP contribution in [0.25, 0.3) is 0 Å². The van der Waals surface area contributed by atoms with Crippen molar-refractivity contribution in [2.45, 2.75) is 37.6 Å². The van der Waals surface area contributed by atoms with Crippen LogP contribution in [0.15, 0.2) is 18.2 Å². The molecule has 3 amide bonds. The molecule has 2 atom stereocenters. The number of hydrogen-bond donors (Lipinski definition) is 1. The highest BCUT2D eigenvalue weighted by Gasteiger charge is 2.42. The van der Waals surface area contributed by atoms with Crippen LogP contribution in [0.1, 0.15) is 37.2 Å². The van der Waals surface area contributed by atoms with Crippen molar-refractivity contribution < 1.29 is 24.2 Å². The highest BCUT2D eigenvalue weighted by atomic mass is 35.5. The number of carboxylic acid groups (broad SMARTS) is 1. The van der Waals surface area contributed by atoms with E-state index in [1.807, 2.05) is 11.0 Å². The van der Waals surface area contributed by atoms with Crippen LogP contribution in [-0.4, -0.2) is 90.2 Å². The topological polar surface area (TPSA) is 90.4 Å². The number of benzene rings is 1. The second-order valence-corrected chi connectivity index (χ2v) is 10.3. The van der Waals surface area contributed by atoms with Gasteiger partial charge in [0.1, 0.15) is 0 Å². The van der Waals surface area contributed by atoms with Gasteiger partial charge in [0.05, 0.1) is 16.1 Å². The number of halogens is 2. The van der Waals surface area contributed by atoms with E-state index in [-0.39, 0.29) is 35.6 Å². The largest absolute Gasteiger partial charge is 0.465 e. The number of amides is 3. The van der Waals surface area contributed by atoms with E-state index in [9.17, 15) is 19.5 Å². The first kappa shape index (κ1) is 25.1. The lowest BCUT2D eigenvalue weighted by Crippen LogP contribution is -2.47. The number of likely N-dealkylation sites (N-methyl/N-ethyl adjacent to an activating group) is 1. The summed E-state index contributed by atoms with van der Waals surface area (Å²) in [5.41, 5.74) is 0.861. The second kappa shape index (κ2) is 10.7. The van der Waals surface area contributed by atoms with Crippen molar-refractivity contribution in [2.24, 2.45) is 11.8 Å². The maximum Gasteiger partial charge on any atom is 0.407 e. The summed E-state index contributed by atoms with van der Waals surface area (Å²) in [7, 11) is 1.53. The number of nitrogens with zero attached hydrogens (tertiary/aromatic N) is 3. The van der Waals surface area contributed by atoms with Gasteiger partial charge < -0.3 is 24.5 Å². The van der Waals surface area contributed by atoms with Crippen LogP contribution >= 0.6 is 23.2 Å². The maximum absolute atomic E-state index is 13.4. The molecule has 0 aromatic heterocycles. The molecule has 0 unspecified atom stereocenters. The van der Waals surface area contributed by atoms with Crippen molar-refractivity contribution in [3.05, 3.63) is 33.8 Å². The summed E-state index contributed by atoms with van der Waals surface area (Å²) in [4.78, 5) is 42.9. The smallest absolute Gasteiger partial charge is 0.407 e. The average Bonchev–Trinajstić information content (AvgIpc) is 3.30. The van der Waals surface area contributed by atoms with E-state index >= 15 is 0 Å². The monoisotopic (exact) mass is 511 g/mol. The van der Waals surface area contributed by atoms with Gasteiger partial charge in [-0.1, -0.05) is 29.3 Å². The number of piperidine rings is 1. The third-order valence-electron chi connectivity index (χ3n) is 7.50. The zero-order valence-electron chi connectivity index (χ0n) is 19.3. The highest BCUT2D eigenvalue weighted by molar-refractivity contribution is 6.42. The maximum atomic E-state index is 13.4. The SMILES string of the molecule is CN(C(=O)O)[C@@H]1CN(C(=O)C2CCN(C(=O)C3CCOCC3)CC2)C[C@H]1c1ccc(Cl)c(Cl)c1. The van der Waals surface area contributed by atoms with Crippen molar-refractivity contribution in [2.75, 3.05) is 46.4 Å². The zero-order valence-corrected chi connectivity index (χ0v) is 20.8. The van der Waals surface area contributed by atoms with Gasteiger partial charge in [-0.05, 0) is 43.4 Å². The lowest BCUT2D eigenvalue weighted by Gasteiger charge is -2.36. The molecule has 1 N–H and O–H groups in total. The third kappa shape index (κ3) is 5.29. The molecule has 0 spiro atoms. The van der Waals surface area contributed by atoms with Crippen LogP contribution in [0.3, 0.4) is 0 Å². The number of carbonyl (C=O) groups is 3. The molecule has 1 aromatic rings. The molecule has 0 bridgehead atoms. The van der Waals surface area contributed by atoms with Crippen LogP contribution in [0.4, 0.5) is 4.79 Å². The predicted octanol–water partition coefficient (Wildman–Crippen LogP) is 3.56. The molecule has 3 aliphatic heterocycles. The Balaban J connectivity index is 1.41. The first-order chi connectivity index (χ1) is 16.3. The third-order valence-corrected chi connectivity index (χ3v) is 8.24.